The summed E-state index contributed by atoms with van der Waals surface area (Å²) in [6.07, 6.45) is 2.10. The lowest BCUT2D eigenvalue weighted by Gasteiger charge is -2.05. The van der Waals surface area contributed by atoms with Crippen LogP contribution in [-0.4, -0.2) is 23.6 Å². The van der Waals surface area contributed by atoms with Gasteiger partial charge in [-0.3, -0.25) is 4.72 Å². The molecular weight excluding hydrogens is 310 g/mol. The van der Waals surface area contributed by atoms with Crippen LogP contribution in [0.5, 0.6) is 0 Å². The minimum Gasteiger partial charge on any atom is -0.253 e. The maximum Gasteiger partial charge on any atom is 0.266 e. The first-order chi connectivity index (χ1) is 9.92. The van der Waals surface area contributed by atoms with Crippen LogP contribution in [0.25, 0.3) is 0 Å². The molecule has 2 heterocycles. The maximum atomic E-state index is 12.2. The molecule has 0 amide bonds. The molecule has 0 saturated carbocycles. The normalized spacial score (nSPS) is 11.3. The van der Waals surface area contributed by atoms with E-state index < -0.39 is 10.0 Å². The number of anilines is 1. The number of hydrogen-bond acceptors (Lipinski definition) is 7. The van der Waals surface area contributed by atoms with Gasteiger partial charge in [-0.25, -0.2) is 13.4 Å². The van der Waals surface area contributed by atoms with Crippen molar-refractivity contribution in [2.24, 2.45) is 5.92 Å². The summed E-state index contributed by atoms with van der Waals surface area (Å²) in [6.45, 7) is 4.08. The number of rotatable bonds is 5. The Labute approximate surface area is 126 Å². The van der Waals surface area contributed by atoms with Crippen molar-refractivity contribution < 1.29 is 8.42 Å². The smallest absolute Gasteiger partial charge is 0.253 e. The molecule has 0 bridgehead atoms. The van der Waals surface area contributed by atoms with E-state index in [0.29, 0.717) is 5.92 Å². The maximum absolute atomic E-state index is 12.2. The van der Waals surface area contributed by atoms with E-state index in [4.69, 9.17) is 5.26 Å². The van der Waals surface area contributed by atoms with Gasteiger partial charge < -0.3 is 0 Å². The fourth-order valence-corrected chi connectivity index (χ4v) is 3.88. The third-order valence-corrected chi connectivity index (χ3v) is 4.80. The highest BCUT2D eigenvalue weighted by Crippen LogP contribution is 2.22. The molecule has 0 aliphatic rings. The van der Waals surface area contributed by atoms with Crippen molar-refractivity contribution in [2.45, 2.75) is 25.2 Å². The van der Waals surface area contributed by atoms with Crippen molar-refractivity contribution in [3.05, 3.63) is 29.0 Å². The zero-order valence-electron chi connectivity index (χ0n) is 11.4. The fourth-order valence-electron chi connectivity index (χ4n) is 1.59. The average Bonchev–Trinajstić information content (AvgIpc) is 2.84. The number of nitrogens with zero attached hydrogens (tertiary/aromatic N) is 4. The summed E-state index contributed by atoms with van der Waals surface area (Å²) in [5, 5.41) is 17.6. The molecule has 110 valence electrons. The van der Waals surface area contributed by atoms with E-state index >= 15 is 0 Å². The van der Waals surface area contributed by atoms with E-state index in [1.807, 2.05) is 13.8 Å². The molecule has 21 heavy (non-hydrogen) atoms. The Bertz CT molecular complexity index is 777. The summed E-state index contributed by atoms with van der Waals surface area (Å²) in [7, 11) is -3.90. The third kappa shape index (κ3) is 3.74. The molecule has 0 spiro atoms. The van der Waals surface area contributed by atoms with E-state index in [1.165, 1.54) is 29.7 Å². The molecule has 0 aliphatic carbocycles. The predicted octanol–water partition coefficient (Wildman–Crippen LogP) is 1.80. The number of pyridine rings is 1. The summed E-state index contributed by atoms with van der Waals surface area (Å²) in [4.78, 5) is 3.56. The minimum absolute atomic E-state index is 0.156. The van der Waals surface area contributed by atoms with E-state index in [9.17, 15) is 8.42 Å². The van der Waals surface area contributed by atoms with Gasteiger partial charge in [-0.1, -0.05) is 25.2 Å². The number of nitriles is 1. The van der Waals surface area contributed by atoms with Gasteiger partial charge in [-0.05, 0) is 18.1 Å². The SMILES string of the molecule is CC(C)Cc1nnc(NS(=O)(=O)c2cccnc2C#N)s1. The first-order valence-corrected chi connectivity index (χ1v) is 8.42. The van der Waals surface area contributed by atoms with E-state index in [0.717, 1.165) is 11.4 Å². The molecule has 2 aromatic rings. The van der Waals surface area contributed by atoms with Crippen LogP contribution in [0.4, 0.5) is 5.13 Å². The second-order valence-electron chi connectivity index (χ2n) is 4.67. The quantitative estimate of drug-likeness (QED) is 0.898. The van der Waals surface area contributed by atoms with Crippen molar-refractivity contribution in [1.82, 2.24) is 15.2 Å². The lowest BCUT2D eigenvalue weighted by atomic mass is 10.1. The lowest BCUT2D eigenvalue weighted by molar-refractivity contribution is 0.600. The Balaban J connectivity index is 2.26. The van der Waals surface area contributed by atoms with Gasteiger partial charge >= 0.3 is 0 Å². The fraction of sp³-hybridized carbons (Fsp3) is 0.333. The van der Waals surface area contributed by atoms with Crippen LogP contribution in [-0.2, 0) is 16.4 Å². The van der Waals surface area contributed by atoms with Crippen LogP contribution < -0.4 is 4.72 Å². The highest BCUT2D eigenvalue weighted by molar-refractivity contribution is 7.93. The van der Waals surface area contributed by atoms with Gasteiger partial charge in [0, 0.05) is 12.6 Å². The Morgan fingerprint density at radius 1 is 1.43 bits per heavy atom. The van der Waals surface area contributed by atoms with Gasteiger partial charge in [0.05, 0.1) is 0 Å². The highest BCUT2D eigenvalue weighted by Gasteiger charge is 2.21. The number of sulfonamides is 1. The Morgan fingerprint density at radius 2 is 2.19 bits per heavy atom. The monoisotopic (exact) mass is 323 g/mol. The van der Waals surface area contributed by atoms with Crippen molar-refractivity contribution >= 4 is 26.5 Å². The van der Waals surface area contributed by atoms with Gasteiger partial charge in [0.25, 0.3) is 10.0 Å². The first kappa shape index (κ1) is 15.3. The third-order valence-electron chi connectivity index (χ3n) is 2.44. The second kappa shape index (κ2) is 6.15. The van der Waals surface area contributed by atoms with Crippen LogP contribution in [0.1, 0.15) is 24.5 Å². The van der Waals surface area contributed by atoms with Gasteiger partial charge in [-0.2, -0.15) is 5.26 Å². The van der Waals surface area contributed by atoms with Crippen molar-refractivity contribution in [1.29, 1.82) is 5.26 Å². The predicted molar refractivity (Wildman–Crippen MR) is 78.2 cm³/mol. The molecule has 0 fully saturated rings. The Kier molecular flexibility index (Phi) is 4.50. The average molecular weight is 323 g/mol. The largest absolute Gasteiger partial charge is 0.266 e. The second-order valence-corrected chi connectivity index (χ2v) is 7.38. The van der Waals surface area contributed by atoms with Crippen LogP contribution in [0.15, 0.2) is 23.2 Å². The first-order valence-electron chi connectivity index (χ1n) is 6.12. The van der Waals surface area contributed by atoms with Crippen LogP contribution in [0.3, 0.4) is 0 Å². The molecule has 0 saturated heterocycles. The van der Waals surface area contributed by atoms with Crippen LogP contribution in [0.2, 0.25) is 0 Å². The molecule has 2 rings (SSSR count). The van der Waals surface area contributed by atoms with E-state index in [2.05, 4.69) is 19.9 Å². The molecule has 2 aromatic heterocycles. The summed E-state index contributed by atoms with van der Waals surface area (Å²) in [5.74, 6) is 0.408. The van der Waals surface area contributed by atoms with Crippen LogP contribution in [0, 0.1) is 17.2 Å². The zero-order chi connectivity index (χ0) is 15.5. The molecule has 0 radical (unpaired) electrons. The summed E-state index contributed by atoms with van der Waals surface area (Å²) in [5.41, 5.74) is -0.156. The molecule has 9 heteroatoms. The van der Waals surface area contributed by atoms with Gasteiger partial charge in [0.15, 0.2) is 5.69 Å². The van der Waals surface area contributed by atoms with Crippen molar-refractivity contribution in [2.75, 3.05) is 4.72 Å². The van der Waals surface area contributed by atoms with Crippen molar-refractivity contribution in [3.8, 4) is 6.07 Å². The minimum atomic E-state index is -3.90. The highest BCUT2D eigenvalue weighted by atomic mass is 32.2. The van der Waals surface area contributed by atoms with E-state index in [-0.39, 0.29) is 15.7 Å². The lowest BCUT2D eigenvalue weighted by Crippen LogP contribution is -2.14. The molecule has 7 nitrogen and oxygen atoms in total. The molecular formula is C12H13N5O2S2. The standard InChI is InChI=1S/C12H13N5O2S2/c1-8(2)6-11-15-16-12(20-11)17-21(18,19)10-4-3-5-14-9(10)7-13/h3-5,8H,6H2,1-2H3,(H,16,17). The van der Waals surface area contributed by atoms with Crippen LogP contribution >= 0.6 is 11.3 Å². The molecule has 0 unspecified atom stereocenters. The van der Waals surface area contributed by atoms with Crippen molar-refractivity contribution in [3.63, 3.8) is 0 Å². The molecule has 0 aromatic carbocycles. The van der Waals surface area contributed by atoms with E-state index in [1.54, 1.807) is 6.07 Å². The van der Waals surface area contributed by atoms with Gasteiger partial charge in [-0.15, -0.1) is 10.2 Å². The van der Waals surface area contributed by atoms with Gasteiger partial charge in [0.2, 0.25) is 5.13 Å². The summed E-state index contributed by atoms with van der Waals surface area (Å²) < 4.78 is 26.8. The summed E-state index contributed by atoms with van der Waals surface area (Å²) in [6, 6.07) is 4.54. The molecule has 1 N–H and O–H groups in total. The number of aromatic nitrogens is 3. The molecule has 0 aliphatic heterocycles. The topological polar surface area (TPSA) is 109 Å². The zero-order valence-corrected chi connectivity index (χ0v) is 13.1. The molecule has 0 atom stereocenters. The summed E-state index contributed by atoms with van der Waals surface area (Å²) >= 11 is 1.18. The van der Waals surface area contributed by atoms with Gasteiger partial charge in [0.1, 0.15) is 16.0 Å². The Hall–Kier alpha value is -2.05. The Morgan fingerprint density at radius 3 is 2.86 bits per heavy atom. The number of nitrogens with one attached hydrogen (secondary N) is 1. The number of hydrogen-bond donors (Lipinski definition) is 1.